The van der Waals surface area contributed by atoms with Crippen LogP contribution in [0.25, 0.3) is 6.08 Å². The number of methoxy groups -OCH3 is 3. The highest BCUT2D eigenvalue weighted by molar-refractivity contribution is 9.12. The van der Waals surface area contributed by atoms with Crippen LogP contribution in [0, 0.1) is 0 Å². The summed E-state index contributed by atoms with van der Waals surface area (Å²) < 4.78 is 16.4. The van der Waals surface area contributed by atoms with Crippen molar-refractivity contribution in [3.05, 3.63) is 45.9 Å². The van der Waals surface area contributed by atoms with Gasteiger partial charge in [0.1, 0.15) is 5.75 Å². The molecular weight excluding hydrogens is 412 g/mol. The highest BCUT2D eigenvalue weighted by Crippen LogP contribution is 2.37. The minimum absolute atomic E-state index is 0.179. The van der Waals surface area contributed by atoms with E-state index in [-0.39, 0.29) is 5.78 Å². The van der Waals surface area contributed by atoms with Crippen LogP contribution in [0.15, 0.2) is 34.8 Å². The highest BCUT2D eigenvalue weighted by Gasteiger charge is 2.16. The minimum atomic E-state index is -0.179. The monoisotopic (exact) mass is 434 g/mol. The molecule has 0 aliphatic heterocycles. The molecule has 27 heavy (non-hydrogen) atoms. The minimum Gasteiger partial charge on any atom is -0.497 e. The Labute approximate surface area is 167 Å². The molecule has 0 amide bonds. The predicted octanol–water partition coefficient (Wildman–Crippen LogP) is 3.98. The second kappa shape index (κ2) is 8.81. The molecule has 0 spiro atoms. The van der Waals surface area contributed by atoms with Crippen molar-refractivity contribution in [1.82, 2.24) is 0 Å². The van der Waals surface area contributed by atoms with E-state index in [0.29, 0.717) is 38.5 Å². The zero-order chi connectivity index (χ0) is 20.1. The van der Waals surface area contributed by atoms with E-state index in [9.17, 15) is 4.79 Å². The van der Waals surface area contributed by atoms with E-state index in [1.807, 2.05) is 19.0 Å². The number of hydrogen-bond acceptors (Lipinski definition) is 6. The van der Waals surface area contributed by atoms with Crippen LogP contribution in [0.1, 0.15) is 15.9 Å². The van der Waals surface area contributed by atoms with Crippen LogP contribution in [0.2, 0.25) is 0 Å². The van der Waals surface area contributed by atoms with Gasteiger partial charge in [-0.1, -0.05) is 0 Å². The fourth-order valence-electron chi connectivity index (χ4n) is 2.60. The smallest absolute Gasteiger partial charge is 0.200 e. The molecule has 0 aromatic heterocycles. The molecule has 0 atom stereocenters. The number of nitrogen functional groups attached to an aromatic ring is 1. The Kier molecular flexibility index (Phi) is 6.74. The second-order valence-corrected chi connectivity index (χ2v) is 6.80. The summed E-state index contributed by atoms with van der Waals surface area (Å²) in [4.78, 5) is 14.7. The van der Waals surface area contributed by atoms with Gasteiger partial charge in [-0.2, -0.15) is 0 Å². The van der Waals surface area contributed by atoms with E-state index in [1.54, 1.807) is 57.7 Å². The van der Waals surface area contributed by atoms with E-state index in [0.717, 1.165) is 5.69 Å². The third-order valence-electron chi connectivity index (χ3n) is 3.99. The van der Waals surface area contributed by atoms with Crippen molar-refractivity contribution in [2.75, 3.05) is 46.1 Å². The normalized spacial score (nSPS) is 11.1. The molecule has 144 valence electrons. The summed E-state index contributed by atoms with van der Waals surface area (Å²) in [6, 6.07) is 8.66. The first-order valence-electron chi connectivity index (χ1n) is 8.11. The van der Waals surface area contributed by atoms with Crippen LogP contribution >= 0.6 is 15.9 Å². The number of allylic oxidation sites excluding steroid dienone is 1. The number of hydrogen-bond donors (Lipinski definition) is 1. The van der Waals surface area contributed by atoms with Crippen molar-refractivity contribution in [3.63, 3.8) is 0 Å². The number of anilines is 2. The second-order valence-electron chi connectivity index (χ2n) is 5.94. The van der Waals surface area contributed by atoms with Crippen molar-refractivity contribution in [1.29, 1.82) is 0 Å². The summed E-state index contributed by atoms with van der Waals surface area (Å²) in [5.41, 5.74) is 8.52. The molecule has 0 saturated heterocycles. The van der Waals surface area contributed by atoms with Crippen LogP contribution in [0.5, 0.6) is 17.2 Å². The summed E-state index contributed by atoms with van der Waals surface area (Å²) in [6.45, 7) is 0. The average molecular weight is 435 g/mol. The van der Waals surface area contributed by atoms with E-state index in [2.05, 4.69) is 15.9 Å². The Balaban J connectivity index is 2.48. The number of benzene rings is 2. The lowest BCUT2D eigenvalue weighted by Gasteiger charge is -2.16. The molecular formula is C20H23BrN2O4. The van der Waals surface area contributed by atoms with Crippen LogP contribution in [0.4, 0.5) is 11.4 Å². The highest BCUT2D eigenvalue weighted by atomic mass is 79.9. The lowest BCUT2D eigenvalue weighted by molar-refractivity contribution is 0.104. The van der Waals surface area contributed by atoms with Gasteiger partial charge in [0.25, 0.3) is 0 Å². The molecule has 0 aliphatic rings. The molecule has 0 fully saturated rings. The molecule has 2 aromatic rings. The molecule has 0 aliphatic carbocycles. The maximum absolute atomic E-state index is 12.9. The summed E-state index contributed by atoms with van der Waals surface area (Å²) in [5, 5.41) is 0. The van der Waals surface area contributed by atoms with Crippen molar-refractivity contribution >= 4 is 39.2 Å². The van der Waals surface area contributed by atoms with Gasteiger partial charge in [-0.25, -0.2) is 0 Å². The summed E-state index contributed by atoms with van der Waals surface area (Å²) >= 11 is 3.38. The third kappa shape index (κ3) is 4.54. The van der Waals surface area contributed by atoms with Crippen molar-refractivity contribution in [2.45, 2.75) is 0 Å². The molecule has 7 heteroatoms. The number of rotatable bonds is 7. The molecule has 2 rings (SSSR count). The van der Waals surface area contributed by atoms with E-state index in [4.69, 9.17) is 19.9 Å². The van der Waals surface area contributed by atoms with Gasteiger partial charge in [-0.15, -0.1) is 0 Å². The van der Waals surface area contributed by atoms with Gasteiger partial charge in [0.05, 0.1) is 37.2 Å². The van der Waals surface area contributed by atoms with E-state index < -0.39 is 0 Å². The Morgan fingerprint density at radius 1 is 1.07 bits per heavy atom. The Morgan fingerprint density at radius 3 is 2.33 bits per heavy atom. The zero-order valence-corrected chi connectivity index (χ0v) is 17.6. The Bertz CT molecular complexity index is 879. The maximum atomic E-state index is 12.9. The van der Waals surface area contributed by atoms with Crippen molar-refractivity contribution < 1.29 is 19.0 Å². The Hall–Kier alpha value is -2.67. The van der Waals surface area contributed by atoms with Crippen LogP contribution < -0.4 is 24.8 Å². The van der Waals surface area contributed by atoms with Gasteiger partial charge in [-0.3, -0.25) is 4.79 Å². The van der Waals surface area contributed by atoms with Crippen LogP contribution in [-0.4, -0.2) is 41.2 Å². The number of Topliss-reactive ketones (excluding diaryl/α,β-unsaturated/α-hetero) is 1. The number of carbonyl (C=O) groups is 1. The molecule has 2 aromatic carbocycles. The van der Waals surface area contributed by atoms with Gasteiger partial charge < -0.3 is 24.8 Å². The number of nitrogens with two attached hydrogens (primary N) is 1. The number of halogens is 1. The quantitative estimate of drug-likeness (QED) is 0.403. The number of ether oxygens (including phenoxy) is 3. The molecule has 0 heterocycles. The molecule has 2 N–H and O–H groups in total. The first-order chi connectivity index (χ1) is 12.8. The van der Waals surface area contributed by atoms with Gasteiger partial charge in [0.2, 0.25) is 0 Å². The summed E-state index contributed by atoms with van der Waals surface area (Å²) in [7, 11) is 8.39. The fraction of sp³-hybridized carbons (Fsp3) is 0.250. The SMILES string of the molecule is COc1cc(/C=C(/Br)C(=O)c2ccc(N)c(N(C)C)c2)c(OC)c(OC)c1. The van der Waals surface area contributed by atoms with E-state index in [1.165, 1.54) is 0 Å². The standard InChI is InChI=1S/C20H23BrN2O4/c1-23(2)17-10-12(6-7-16(17)22)19(24)15(21)9-13-8-14(25-3)11-18(26-4)20(13)27-5/h6-11H,22H2,1-5H3/b15-9+. The number of ketones is 1. The average Bonchev–Trinajstić information content (AvgIpc) is 2.66. The molecule has 6 nitrogen and oxygen atoms in total. The lowest BCUT2D eigenvalue weighted by Crippen LogP contribution is -2.12. The van der Waals surface area contributed by atoms with Gasteiger partial charge in [0.15, 0.2) is 17.3 Å². The lowest BCUT2D eigenvalue weighted by atomic mass is 10.1. The topological polar surface area (TPSA) is 74.0 Å². The first-order valence-corrected chi connectivity index (χ1v) is 8.90. The van der Waals surface area contributed by atoms with Gasteiger partial charge in [0, 0.05) is 31.3 Å². The fourth-order valence-corrected chi connectivity index (χ4v) is 3.08. The first kappa shape index (κ1) is 20.6. The maximum Gasteiger partial charge on any atom is 0.200 e. The molecule has 0 unspecified atom stereocenters. The Morgan fingerprint density at radius 2 is 1.78 bits per heavy atom. The number of nitrogens with zero attached hydrogens (tertiary/aromatic N) is 1. The van der Waals surface area contributed by atoms with Crippen molar-refractivity contribution in [2.24, 2.45) is 0 Å². The van der Waals surface area contributed by atoms with Gasteiger partial charge >= 0.3 is 0 Å². The number of carbonyl (C=O) groups excluding carboxylic acids is 1. The van der Waals surface area contributed by atoms with Crippen molar-refractivity contribution in [3.8, 4) is 17.2 Å². The zero-order valence-electron chi connectivity index (χ0n) is 16.0. The van der Waals surface area contributed by atoms with E-state index >= 15 is 0 Å². The molecule has 0 radical (unpaired) electrons. The largest absolute Gasteiger partial charge is 0.497 e. The predicted molar refractivity (Wildman–Crippen MR) is 113 cm³/mol. The van der Waals surface area contributed by atoms with Crippen LogP contribution in [-0.2, 0) is 0 Å². The summed E-state index contributed by atoms with van der Waals surface area (Å²) in [5.74, 6) is 1.43. The summed E-state index contributed by atoms with van der Waals surface area (Å²) in [6.07, 6.45) is 1.68. The van der Waals surface area contributed by atoms with Crippen LogP contribution in [0.3, 0.4) is 0 Å². The third-order valence-corrected chi connectivity index (χ3v) is 4.58. The molecule has 0 saturated carbocycles. The molecule has 0 bridgehead atoms. The van der Waals surface area contributed by atoms with Gasteiger partial charge in [-0.05, 0) is 46.3 Å².